The second kappa shape index (κ2) is 7.46. The van der Waals surface area contributed by atoms with E-state index >= 15 is 0 Å². The minimum Gasteiger partial charge on any atom is -0.480 e. The number of aliphatic carboxylic acids is 1. The van der Waals surface area contributed by atoms with Gasteiger partial charge < -0.3 is 10.4 Å². The highest BCUT2D eigenvalue weighted by Gasteiger charge is 2.25. The number of carbonyl (C=O) groups excluding carboxylic acids is 1. The molecule has 2 rings (SSSR count). The second-order valence-electron chi connectivity index (χ2n) is 6.43. The van der Waals surface area contributed by atoms with Crippen molar-refractivity contribution in [2.45, 2.75) is 40.2 Å². The van der Waals surface area contributed by atoms with Gasteiger partial charge in [-0.3, -0.25) is 4.79 Å². The van der Waals surface area contributed by atoms with Gasteiger partial charge in [0.2, 0.25) is 0 Å². The van der Waals surface area contributed by atoms with Crippen molar-refractivity contribution in [3.05, 3.63) is 47.0 Å². The van der Waals surface area contributed by atoms with Gasteiger partial charge in [0.25, 0.3) is 5.91 Å². The number of aryl methyl sites for hydroxylation is 1. The third-order valence-electron chi connectivity index (χ3n) is 3.90. The summed E-state index contributed by atoms with van der Waals surface area (Å²) in [6.45, 7) is 7.19. The average Bonchev–Trinajstić information content (AvgIpc) is 2.81. The molecule has 0 fully saturated rings. The number of carboxylic acid groups (broad SMARTS) is 1. The second-order valence-corrected chi connectivity index (χ2v) is 6.43. The van der Waals surface area contributed by atoms with Crippen molar-refractivity contribution < 1.29 is 19.1 Å². The number of nitrogens with one attached hydrogen (secondary N) is 1. The summed E-state index contributed by atoms with van der Waals surface area (Å²) in [5, 5.41) is 16.2. The summed E-state index contributed by atoms with van der Waals surface area (Å²) in [5.41, 5.74) is 2.00. The summed E-state index contributed by atoms with van der Waals surface area (Å²) in [6, 6.07) is 4.80. The Balaban J connectivity index is 2.31. The smallest absolute Gasteiger partial charge is 0.326 e. The summed E-state index contributed by atoms with van der Waals surface area (Å²) in [5.74, 6) is -1.77. The Hall–Kier alpha value is -2.70. The van der Waals surface area contributed by atoms with Crippen LogP contribution in [0.2, 0.25) is 0 Å². The lowest BCUT2D eigenvalue weighted by molar-refractivity contribution is -0.139. The van der Waals surface area contributed by atoms with E-state index in [-0.39, 0.29) is 11.7 Å². The van der Waals surface area contributed by atoms with Crippen molar-refractivity contribution in [2.75, 3.05) is 0 Å². The van der Waals surface area contributed by atoms with Gasteiger partial charge in [-0.15, -0.1) is 0 Å². The van der Waals surface area contributed by atoms with Gasteiger partial charge >= 0.3 is 5.97 Å². The fourth-order valence-corrected chi connectivity index (χ4v) is 2.73. The summed E-state index contributed by atoms with van der Waals surface area (Å²) >= 11 is 0. The number of halogens is 1. The molecule has 0 aliphatic heterocycles. The van der Waals surface area contributed by atoms with Crippen molar-refractivity contribution in [1.29, 1.82) is 0 Å². The molecule has 0 spiro atoms. The van der Waals surface area contributed by atoms with E-state index < -0.39 is 17.9 Å². The largest absolute Gasteiger partial charge is 0.480 e. The first-order valence-corrected chi connectivity index (χ1v) is 8.06. The number of nitrogens with zero attached hydrogens (tertiary/aromatic N) is 2. The number of amides is 1. The number of benzene rings is 1. The Bertz CT molecular complexity index is 782. The van der Waals surface area contributed by atoms with Crippen LogP contribution >= 0.6 is 0 Å². The van der Waals surface area contributed by atoms with Gasteiger partial charge in [-0.1, -0.05) is 13.8 Å². The summed E-state index contributed by atoms with van der Waals surface area (Å²) in [6.07, 6.45) is 0.339. The zero-order valence-corrected chi connectivity index (χ0v) is 14.7. The minimum absolute atomic E-state index is 0.130. The topological polar surface area (TPSA) is 84.2 Å². The van der Waals surface area contributed by atoms with Gasteiger partial charge in [0, 0.05) is 0 Å². The number of hydrogen-bond acceptors (Lipinski definition) is 3. The molecule has 25 heavy (non-hydrogen) atoms. The molecule has 2 aromatic rings. The average molecular weight is 347 g/mol. The van der Waals surface area contributed by atoms with E-state index in [1.54, 1.807) is 30.7 Å². The van der Waals surface area contributed by atoms with E-state index in [0.29, 0.717) is 29.1 Å². The number of carboxylic acids is 1. The molecular formula is C18H22FN3O3. The molecule has 0 saturated heterocycles. The molecule has 1 aromatic heterocycles. The van der Waals surface area contributed by atoms with Gasteiger partial charge in [-0.2, -0.15) is 5.10 Å². The Morgan fingerprint density at radius 2 is 1.84 bits per heavy atom. The molecule has 7 heteroatoms. The molecule has 0 unspecified atom stereocenters. The summed E-state index contributed by atoms with van der Waals surface area (Å²) in [4.78, 5) is 24.0. The minimum atomic E-state index is -1.07. The van der Waals surface area contributed by atoms with Gasteiger partial charge in [0.1, 0.15) is 11.9 Å². The standard InChI is InChI=1S/C18H22FN3O3/c1-10(2)9-15(18(24)25)20-17(23)16-11(3)21-22(12(16)4)14-7-5-13(19)6-8-14/h5-8,10,15H,9H2,1-4H3,(H,20,23)(H,24,25)/t15-/m1/s1. The Kier molecular flexibility index (Phi) is 5.56. The van der Waals surface area contributed by atoms with Crippen LogP contribution in [0.5, 0.6) is 0 Å². The first-order chi connectivity index (χ1) is 11.7. The first-order valence-electron chi connectivity index (χ1n) is 8.06. The number of hydrogen-bond donors (Lipinski definition) is 2. The maximum absolute atomic E-state index is 13.1. The van der Waals surface area contributed by atoms with Gasteiger partial charge in [0.15, 0.2) is 0 Å². The van der Waals surface area contributed by atoms with Gasteiger partial charge in [0.05, 0.1) is 22.6 Å². The highest BCUT2D eigenvalue weighted by molar-refractivity contribution is 5.98. The first kappa shape index (κ1) is 18.6. The predicted octanol–water partition coefficient (Wildman–Crippen LogP) is 2.86. The Morgan fingerprint density at radius 1 is 1.24 bits per heavy atom. The normalized spacial score (nSPS) is 12.2. The Morgan fingerprint density at radius 3 is 2.36 bits per heavy atom. The van der Waals surface area contributed by atoms with Gasteiger partial charge in [-0.25, -0.2) is 13.9 Å². The highest BCUT2D eigenvalue weighted by atomic mass is 19.1. The number of aromatic nitrogens is 2. The van der Waals surface area contributed by atoms with Crippen molar-refractivity contribution in [1.82, 2.24) is 15.1 Å². The zero-order chi connectivity index (χ0) is 18.7. The molecule has 6 nitrogen and oxygen atoms in total. The number of carbonyl (C=O) groups is 2. The quantitative estimate of drug-likeness (QED) is 0.841. The molecule has 1 heterocycles. The Labute approximate surface area is 145 Å². The van der Waals surface area contributed by atoms with Crippen LogP contribution in [0.25, 0.3) is 5.69 Å². The van der Waals surface area contributed by atoms with E-state index in [4.69, 9.17) is 0 Å². The van der Waals surface area contributed by atoms with E-state index in [0.717, 1.165) is 0 Å². The van der Waals surface area contributed by atoms with Crippen LogP contribution in [0.1, 0.15) is 42.0 Å². The van der Waals surface area contributed by atoms with Crippen LogP contribution in [0, 0.1) is 25.6 Å². The monoisotopic (exact) mass is 347 g/mol. The molecule has 134 valence electrons. The van der Waals surface area contributed by atoms with Crippen molar-refractivity contribution in [3.63, 3.8) is 0 Å². The van der Waals surface area contributed by atoms with Crippen LogP contribution in [0.3, 0.4) is 0 Å². The SMILES string of the molecule is Cc1nn(-c2ccc(F)cc2)c(C)c1C(=O)N[C@H](CC(C)C)C(=O)O. The molecule has 0 radical (unpaired) electrons. The van der Waals surface area contributed by atoms with Crippen LogP contribution < -0.4 is 5.32 Å². The number of rotatable bonds is 6. The van der Waals surface area contributed by atoms with Crippen molar-refractivity contribution in [3.8, 4) is 5.69 Å². The molecule has 1 aromatic carbocycles. The predicted molar refractivity (Wildman–Crippen MR) is 91.3 cm³/mol. The van der Waals surface area contributed by atoms with Crippen molar-refractivity contribution >= 4 is 11.9 Å². The molecule has 0 aliphatic carbocycles. The van der Waals surface area contributed by atoms with E-state index in [1.165, 1.54) is 12.1 Å². The summed E-state index contributed by atoms with van der Waals surface area (Å²) in [7, 11) is 0. The van der Waals surface area contributed by atoms with Crippen LogP contribution in [0.15, 0.2) is 24.3 Å². The van der Waals surface area contributed by atoms with E-state index in [9.17, 15) is 19.1 Å². The maximum Gasteiger partial charge on any atom is 0.326 e. The lowest BCUT2D eigenvalue weighted by atomic mass is 10.0. The van der Waals surface area contributed by atoms with Gasteiger partial charge in [-0.05, 0) is 50.5 Å². The zero-order valence-electron chi connectivity index (χ0n) is 14.7. The van der Waals surface area contributed by atoms with E-state index in [1.807, 2.05) is 13.8 Å². The molecule has 1 atom stereocenters. The fourth-order valence-electron chi connectivity index (χ4n) is 2.73. The molecular weight excluding hydrogens is 325 g/mol. The fraction of sp³-hybridized carbons (Fsp3) is 0.389. The molecule has 0 saturated carbocycles. The lowest BCUT2D eigenvalue weighted by Gasteiger charge is -2.16. The third kappa shape index (κ3) is 4.23. The molecule has 2 N–H and O–H groups in total. The maximum atomic E-state index is 13.1. The highest BCUT2D eigenvalue weighted by Crippen LogP contribution is 2.19. The third-order valence-corrected chi connectivity index (χ3v) is 3.90. The summed E-state index contributed by atoms with van der Waals surface area (Å²) < 4.78 is 14.6. The molecule has 0 bridgehead atoms. The molecule has 1 amide bonds. The lowest BCUT2D eigenvalue weighted by Crippen LogP contribution is -2.42. The van der Waals surface area contributed by atoms with Crippen LogP contribution in [-0.2, 0) is 4.79 Å². The van der Waals surface area contributed by atoms with Crippen LogP contribution in [-0.4, -0.2) is 32.8 Å². The van der Waals surface area contributed by atoms with Crippen molar-refractivity contribution in [2.24, 2.45) is 5.92 Å². The molecule has 0 aliphatic rings. The van der Waals surface area contributed by atoms with Crippen LogP contribution in [0.4, 0.5) is 4.39 Å². The van der Waals surface area contributed by atoms with E-state index in [2.05, 4.69) is 10.4 Å².